The molecular formula is CaFeO5S. The normalized spacial score (nSPS) is 7.88. The first-order valence-corrected chi connectivity index (χ1v) is 2.60. The Hall–Kier alpha value is 1.45. The van der Waals surface area contributed by atoms with Gasteiger partial charge in [0.1, 0.15) is 0 Å². The molecule has 8 heavy (non-hydrogen) atoms. The fourth-order valence-electron chi connectivity index (χ4n) is 0. The molecule has 0 aromatic rings. The van der Waals surface area contributed by atoms with E-state index < -0.39 is 10.4 Å². The number of hydrogen-bond donors (Lipinski definition) is 0. The molecule has 0 spiro atoms. The van der Waals surface area contributed by atoms with Crippen LogP contribution < -0.4 is 0 Å². The van der Waals surface area contributed by atoms with Crippen LogP contribution in [-0.2, 0) is 30.2 Å². The minimum absolute atomic E-state index is 0. The first-order valence-electron chi connectivity index (χ1n) is 0.811. The predicted octanol–water partition coefficient (Wildman–Crippen LogP) is -1.84. The molecular weight excluding hydrogens is 208 g/mol. The first-order chi connectivity index (χ1) is 3.00. The summed E-state index contributed by atoms with van der Waals surface area (Å²) in [6.07, 6.45) is 0. The van der Waals surface area contributed by atoms with Gasteiger partial charge in [0.05, 0.1) is 0 Å². The summed E-state index contributed by atoms with van der Waals surface area (Å²) in [6.45, 7) is 0. The van der Waals surface area contributed by atoms with Crippen molar-refractivity contribution in [3.63, 3.8) is 0 Å². The van der Waals surface area contributed by atoms with Crippen molar-refractivity contribution < 1.29 is 37.3 Å². The second-order valence-electron chi connectivity index (χ2n) is 0.408. The van der Waals surface area contributed by atoms with Crippen LogP contribution >= 0.6 is 0 Å². The van der Waals surface area contributed by atoms with Gasteiger partial charge < -0.3 is 9.11 Å². The van der Waals surface area contributed by atoms with E-state index in [0.717, 1.165) is 0 Å². The molecule has 0 unspecified atom stereocenters. The Balaban J connectivity index is -0.0000000750. The maximum absolute atomic E-state index is 8.52. The van der Waals surface area contributed by atoms with Crippen molar-refractivity contribution in [2.45, 2.75) is 0 Å². The zero-order valence-electron chi connectivity index (χ0n) is 3.51. The average molecular weight is 208 g/mol. The van der Waals surface area contributed by atoms with Crippen LogP contribution in [0.1, 0.15) is 0 Å². The Kier molecular flexibility index (Phi) is 17.1. The van der Waals surface area contributed by atoms with E-state index >= 15 is 0 Å². The van der Waals surface area contributed by atoms with Gasteiger partial charge in [-0.15, -0.1) is 0 Å². The Morgan fingerprint density at radius 1 is 1.12 bits per heavy atom. The SMILES string of the molecule is O=S(=O)([O-])[O-].[Ca+2].[O]=[Fe]. The van der Waals surface area contributed by atoms with Crippen LogP contribution in [0.15, 0.2) is 0 Å². The third-order valence-electron chi connectivity index (χ3n) is 0. The predicted molar refractivity (Wildman–Crippen MR) is 16.9 cm³/mol. The van der Waals surface area contributed by atoms with Crippen molar-refractivity contribution in [2.75, 3.05) is 0 Å². The van der Waals surface area contributed by atoms with Crippen molar-refractivity contribution in [3.05, 3.63) is 0 Å². The molecule has 0 heterocycles. The van der Waals surface area contributed by atoms with Gasteiger partial charge in [-0.1, -0.05) is 0 Å². The van der Waals surface area contributed by atoms with E-state index in [4.69, 9.17) is 21.4 Å². The second kappa shape index (κ2) is 8.45. The standard InChI is InChI=1S/Ca.Fe.H2O4S.O/c;;1-5(2,3)4;/h;;(H2,1,2,3,4);/q+2;;;/p-2. The number of rotatable bonds is 0. The van der Waals surface area contributed by atoms with Crippen LogP contribution in [-0.4, -0.2) is 55.3 Å². The molecule has 0 atom stereocenters. The molecule has 0 aromatic carbocycles. The molecule has 0 amide bonds. The van der Waals surface area contributed by atoms with Gasteiger partial charge in [-0.25, -0.2) is 0 Å². The summed E-state index contributed by atoms with van der Waals surface area (Å²) in [6, 6.07) is 0. The molecule has 0 aliphatic rings. The molecule has 0 aliphatic carbocycles. The second-order valence-corrected chi connectivity index (χ2v) is 1.22. The van der Waals surface area contributed by atoms with Gasteiger partial charge in [-0.05, 0) is 0 Å². The monoisotopic (exact) mass is 208 g/mol. The zero-order valence-corrected chi connectivity index (χ0v) is 7.64. The van der Waals surface area contributed by atoms with Crippen LogP contribution in [0.4, 0.5) is 0 Å². The van der Waals surface area contributed by atoms with Crippen LogP contribution in [0.5, 0.6) is 0 Å². The summed E-state index contributed by atoms with van der Waals surface area (Å²) in [4.78, 5) is 0. The van der Waals surface area contributed by atoms with Crippen LogP contribution in [0.3, 0.4) is 0 Å². The summed E-state index contributed by atoms with van der Waals surface area (Å²) < 4.78 is 42.1. The van der Waals surface area contributed by atoms with Crippen molar-refractivity contribution in [1.82, 2.24) is 0 Å². The van der Waals surface area contributed by atoms with E-state index in [9.17, 15) is 0 Å². The quantitative estimate of drug-likeness (QED) is 0.264. The number of hydrogen-bond acceptors (Lipinski definition) is 5. The van der Waals surface area contributed by atoms with Gasteiger partial charge in [0.15, 0.2) is 0 Å². The van der Waals surface area contributed by atoms with Gasteiger partial charge in [0.25, 0.3) is 0 Å². The fraction of sp³-hybridized carbons (Fsp3) is 0. The summed E-state index contributed by atoms with van der Waals surface area (Å²) in [7, 11) is -5.17. The van der Waals surface area contributed by atoms with Gasteiger partial charge in [0, 0.05) is 10.4 Å². The molecule has 46 valence electrons. The van der Waals surface area contributed by atoms with Gasteiger partial charge in [0.2, 0.25) is 0 Å². The topological polar surface area (TPSA) is 97.3 Å². The molecule has 8 heteroatoms. The summed E-state index contributed by atoms with van der Waals surface area (Å²) in [5.74, 6) is 0. The molecule has 0 rings (SSSR count). The maximum atomic E-state index is 8.52. The third-order valence-corrected chi connectivity index (χ3v) is 0. The van der Waals surface area contributed by atoms with Crippen LogP contribution in [0.25, 0.3) is 0 Å². The van der Waals surface area contributed by atoms with Crippen molar-refractivity contribution in [3.8, 4) is 0 Å². The summed E-state index contributed by atoms with van der Waals surface area (Å²) in [5.41, 5.74) is 0. The van der Waals surface area contributed by atoms with Crippen molar-refractivity contribution in [1.29, 1.82) is 0 Å². The van der Waals surface area contributed by atoms with Gasteiger partial charge in [-0.2, -0.15) is 0 Å². The molecule has 0 bridgehead atoms. The molecule has 0 fully saturated rings. The van der Waals surface area contributed by atoms with Crippen LogP contribution in [0.2, 0.25) is 0 Å². The van der Waals surface area contributed by atoms with E-state index in [1.54, 1.807) is 0 Å². The molecule has 5 nitrogen and oxygen atoms in total. The minimum atomic E-state index is -5.17. The third kappa shape index (κ3) is 148. The fourth-order valence-corrected chi connectivity index (χ4v) is 0. The van der Waals surface area contributed by atoms with Crippen molar-refractivity contribution >= 4 is 48.1 Å². The molecule has 0 N–H and O–H groups in total. The molecule has 0 radical (unpaired) electrons. The van der Waals surface area contributed by atoms with Gasteiger partial charge >= 0.3 is 57.5 Å². The van der Waals surface area contributed by atoms with E-state index in [2.05, 4.69) is 0 Å². The Labute approximate surface area is 84.4 Å². The van der Waals surface area contributed by atoms with Crippen LogP contribution in [0, 0.1) is 0 Å². The first kappa shape index (κ1) is 16.2. The Morgan fingerprint density at radius 2 is 1.12 bits per heavy atom. The Morgan fingerprint density at radius 3 is 1.12 bits per heavy atom. The molecule has 0 aromatic heterocycles. The van der Waals surface area contributed by atoms with E-state index in [0.29, 0.717) is 0 Å². The van der Waals surface area contributed by atoms with E-state index in [1.165, 1.54) is 0 Å². The zero-order chi connectivity index (χ0) is 6.50. The Bertz CT molecular complexity index is 106. The average Bonchev–Trinajstić information content (AvgIpc) is 1.36. The van der Waals surface area contributed by atoms with Crippen molar-refractivity contribution in [2.24, 2.45) is 0 Å². The molecule has 0 saturated heterocycles. The van der Waals surface area contributed by atoms with Gasteiger partial charge in [-0.3, -0.25) is 8.42 Å². The van der Waals surface area contributed by atoms with E-state index in [1.807, 2.05) is 15.9 Å². The van der Waals surface area contributed by atoms with E-state index in [-0.39, 0.29) is 37.7 Å². The summed E-state index contributed by atoms with van der Waals surface area (Å²) in [5, 5.41) is 0. The molecule has 0 aliphatic heterocycles. The summed E-state index contributed by atoms with van der Waals surface area (Å²) >= 11 is 2.00. The molecule has 0 saturated carbocycles.